The summed E-state index contributed by atoms with van der Waals surface area (Å²) in [6, 6.07) is 7.26. The van der Waals surface area contributed by atoms with Gasteiger partial charge in [-0.3, -0.25) is 0 Å². The van der Waals surface area contributed by atoms with Crippen molar-refractivity contribution < 1.29 is 4.74 Å². The molecule has 0 unspecified atom stereocenters. The quantitative estimate of drug-likeness (QED) is 0.730. The van der Waals surface area contributed by atoms with Gasteiger partial charge in [0, 0.05) is 5.02 Å². The van der Waals surface area contributed by atoms with E-state index in [2.05, 4.69) is 4.98 Å². The van der Waals surface area contributed by atoms with Crippen LogP contribution in [0.4, 0.5) is 0 Å². The predicted octanol–water partition coefficient (Wildman–Crippen LogP) is 4.80. The summed E-state index contributed by atoms with van der Waals surface area (Å²) in [4.78, 5) is 4.00. The number of aromatic nitrogens is 1. The monoisotopic (exact) mass is 267 g/mol. The van der Waals surface area contributed by atoms with Gasteiger partial charge in [0.2, 0.25) is 0 Å². The second-order valence-electron chi connectivity index (χ2n) is 3.78. The lowest BCUT2D eigenvalue weighted by molar-refractivity contribution is 0.473. The van der Waals surface area contributed by atoms with E-state index in [0.717, 1.165) is 16.9 Å². The molecule has 88 valence electrons. The number of hydrogen-bond donors (Lipinski definition) is 0. The van der Waals surface area contributed by atoms with Gasteiger partial charge in [0.1, 0.15) is 16.7 Å². The first-order chi connectivity index (χ1) is 8.06. The van der Waals surface area contributed by atoms with Crippen molar-refractivity contribution in [2.45, 2.75) is 13.8 Å². The lowest BCUT2D eigenvalue weighted by Crippen LogP contribution is -1.91. The minimum Gasteiger partial charge on any atom is -0.455 e. The van der Waals surface area contributed by atoms with Gasteiger partial charge in [-0.05, 0) is 49.2 Å². The van der Waals surface area contributed by atoms with Crippen LogP contribution in [0.25, 0.3) is 0 Å². The minimum atomic E-state index is 0.461. The van der Waals surface area contributed by atoms with Gasteiger partial charge in [0.25, 0.3) is 0 Å². The van der Waals surface area contributed by atoms with Crippen LogP contribution in [0.15, 0.2) is 30.5 Å². The molecule has 0 saturated heterocycles. The van der Waals surface area contributed by atoms with Crippen molar-refractivity contribution in [1.29, 1.82) is 0 Å². The van der Waals surface area contributed by atoms with Crippen LogP contribution in [0.3, 0.4) is 0 Å². The number of aryl methyl sites for hydroxylation is 2. The molecule has 0 aliphatic heterocycles. The first kappa shape index (κ1) is 12.2. The zero-order chi connectivity index (χ0) is 12.4. The Morgan fingerprint density at radius 1 is 1.00 bits per heavy atom. The minimum absolute atomic E-state index is 0.461. The fourth-order valence-electron chi connectivity index (χ4n) is 1.46. The molecule has 1 aromatic carbocycles. The van der Waals surface area contributed by atoms with Crippen molar-refractivity contribution in [3.8, 4) is 11.5 Å². The molecule has 0 aliphatic rings. The van der Waals surface area contributed by atoms with Gasteiger partial charge in [-0.25, -0.2) is 4.98 Å². The summed E-state index contributed by atoms with van der Waals surface area (Å²) >= 11 is 11.7. The van der Waals surface area contributed by atoms with E-state index in [1.807, 2.05) is 26.0 Å². The van der Waals surface area contributed by atoms with Gasteiger partial charge >= 0.3 is 0 Å². The molecule has 0 amide bonds. The summed E-state index contributed by atoms with van der Waals surface area (Å²) in [7, 11) is 0. The fourth-order valence-corrected chi connectivity index (χ4v) is 1.90. The van der Waals surface area contributed by atoms with Gasteiger partial charge in [-0.1, -0.05) is 23.2 Å². The smallest absolute Gasteiger partial charge is 0.148 e. The lowest BCUT2D eigenvalue weighted by Gasteiger charge is -2.10. The van der Waals surface area contributed by atoms with E-state index in [0.29, 0.717) is 15.9 Å². The molecule has 0 bridgehead atoms. The zero-order valence-electron chi connectivity index (χ0n) is 9.50. The molecule has 0 aliphatic carbocycles. The highest BCUT2D eigenvalue weighted by Crippen LogP contribution is 2.29. The average Bonchev–Trinajstić information content (AvgIpc) is 2.25. The predicted molar refractivity (Wildman–Crippen MR) is 70.2 cm³/mol. The van der Waals surface area contributed by atoms with Crippen LogP contribution < -0.4 is 4.74 Å². The molecule has 2 aromatic rings. The van der Waals surface area contributed by atoms with Gasteiger partial charge in [0.05, 0.1) is 6.20 Å². The third-order valence-electron chi connectivity index (χ3n) is 2.39. The Bertz CT molecular complexity index is 506. The molecule has 1 heterocycles. The van der Waals surface area contributed by atoms with E-state index in [-0.39, 0.29) is 0 Å². The van der Waals surface area contributed by atoms with E-state index < -0.39 is 0 Å². The van der Waals surface area contributed by atoms with Crippen LogP contribution >= 0.6 is 23.2 Å². The Morgan fingerprint density at radius 3 is 2.35 bits per heavy atom. The topological polar surface area (TPSA) is 22.1 Å². The molecule has 0 saturated carbocycles. The van der Waals surface area contributed by atoms with Crippen molar-refractivity contribution in [3.63, 3.8) is 0 Å². The summed E-state index contributed by atoms with van der Waals surface area (Å²) < 4.78 is 5.77. The Kier molecular flexibility index (Phi) is 3.55. The molecule has 0 fully saturated rings. The summed E-state index contributed by atoms with van der Waals surface area (Å²) in [5, 5.41) is 1.16. The summed E-state index contributed by atoms with van der Waals surface area (Å²) in [6.07, 6.45) is 1.62. The van der Waals surface area contributed by atoms with Crippen LogP contribution in [-0.2, 0) is 0 Å². The highest BCUT2D eigenvalue weighted by atomic mass is 35.5. The second kappa shape index (κ2) is 4.94. The number of rotatable bonds is 2. The van der Waals surface area contributed by atoms with Crippen molar-refractivity contribution in [2.75, 3.05) is 0 Å². The standard InChI is InChI=1S/C13H11Cl2NO/c1-8-5-10(14)3-4-11(8)17-12-7-16-13(15)6-9(12)2/h3-7H,1-2H3. The third-order valence-corrected chi connectivity index (χ3v) is 2.83. The summed E-state index contributed by atoms with van der Waals surface area (Å²) in [5.74, 6) is 1.46. The first-order valence-corrected chi connectivity index (χ1v) is 5.88. The largest absolute Gasteiger partial charge is 0.455 e. The van der Waals surface area contributed by atoms with Crippen LogP contribution in [-0.4, -0.2) is 4.98 Å². The summed E-state index contributed by atoms with van der Waals surface area (Å²) in [6.45, 7) is 3.87. The lowest BCUT2D eigenvalue weighted by atomic mass is 10.2. The van der Waals surface area contributed by atoms with E-state index in [9.17, 15) is 0 Å². The highest BCUT2D eigenvalue weighted by Gasteiger charge is 2.05. The average molecular weight is 268 g/mol. The number of hydrogen-bond acceptors (Lipinski definition) is 2. The maximum atomic E-state index is 5.89. The van der Waals surface area contributed by atoms with Gasteiger partial charge < -0.3 is 4.74 Å². The van der Waals surface area contributed by atoms with Gasteiger partial charge in [-0.15, -0.1) is 0 Å². The number of nitrogens with zero attached hydrogens (tertiary/aromatic N) is 1. The number of ether oxygens (including phenoxy) is 1. The number of pyridine rings is 1. The zero-order valence-corrected chi connectivity index (χ0v) is 11.0. The molecule has 0 N–H and O–H groups in total. The molecule has 1 aromatic heterocycles. The Balaban J connectivity index is 2.31. The Morgan fingerprint density at radius 2 is 1.71 bits per heavy atom. The maximum Gasteiger partial charge on any atom is 0.148 e. The van der Waals surface area contributed by atoms with Gasteiger partial charge in [-0.2, -0.15) is 0 Å². The second-order valence-corrected chi connectivity index (χ2v) is 4.61. The molecule has 4 heteroatoms. The van der Waals surface area contributed by atoms with Crippen LogP contribution in [0.2, 0.25) is 10.2 Å². The molecule has 0 radical (unpaired) electrons. The van der Waals surface area contributed by atoms with E-state index in [1.165, 1.54) is 0 Å². The van der Waals surface area contributed by atoms with Crippen LogP contribution in [0.5, 0.6) is 11.5 Å². The summed E-state index contributed by atoms with van der Waals surface area (Å²) in [5.41, 5.74) is 1.92. The van der Waals surface area contributed by atoms with Crippen molar-refractivity contribution in [3.05, 3.63) is 51.8 Å². The van der Waals surface area contributed by atoms with E-state index in [1.54, 1.807) is 18.3 Å². The first-order valence-electron chi connectivity index (χ1n) is 5.12. The molecule has 2 nitrogen and oxygen atoms in total. The number of halogens is 2. The van der Waals surface area contributed by atoms with Crippen LogP contribution in [0, 0.1) is 13.8 Å². The van der Waals surface area contributed by atoms with Gasteiger partial charge in [0.15, 0.2) is 0 Å². The third kappa shape index (κ3) is 2.90. The molecule has 0 spiro atoms. The van der Waals surface area contributed by atoms with Crippen molar-refractivity contribution >= 4 is 23.2 Å². The SMILES string of the molecule is Cc1cc(Cl)ccc1Oc1cnc(Cl)cc1C. The van der Waals surface area contributed by atoms with Crippen molar-refractivity contribution in [1.82, 2.24) is 4.98 Å². The fraction of sp³-hybridized carbons (Fsp3) is 0.154. The maximum absolute atomic E-state index is 5.89. The Hall–Kier alpha value is -1.25. The highest BCUT2D eigenvalue weighted by molar-refractivity contribution is 6.30. The molecule has 2 rings (SSSR count). The molecular weight excluding hydrogens is 257 g/mol. The van der Waals surface area contributed by atoms with E-state index >= 15 is 0 Å². The molecule has 17 heavy (non-hydrogen) atoms. The van der Waals surface area contributed by atoms with Crippen molar-refractivity contribution in [2.24, 2.45) is 0 Å². The van der Waals surface area contributed by atoms with Crippen LogP contribution in [0.1, 0.15) is 11.1 Å². The van der Waals surface area contributed by atoms with E-state index in [4.69, 9.17) is 27.9 Å². The molecule has 0 atom stereocenters. The Labute approximate surface area is 110 Å². The number of benzene rings is 1. The normalized spacial score (nSPS) is 10.4. The molecular formula is C13H11Cl2NO.